The Morgan fingerprint density at radius 1 is 0.490 bits per heavy atom. The van der Waals surface area contributed by atoms with Gasteiger partial charge in [-0.3, -0.25) is 0 Å². The molecule has 0 saturated heterocycles. The molecule has 4 saturated carbocycles. The third kappa shape index (κ3) is 3.92. The predicted octanol–water partition coefficient (Wildman–Crippen LogP) is 13.7. The van der Waals surface area contributed by atoms with E-state index in [1.165, 1.54) is 95.9 Å². The van der Waals surface area contributed by atoms with Gasteiger partial charge in [0.15, 0.2) is 0 Å². The van der Waals surface area contributed by atoms with E-state index in [0.717, 1.165) is 23.7 Å². The maximum atomic E-state index is 2.61. The number of rotatable bonds is 4. The van der Waals surface area contributed by atoms with Crippen molar-refractivity contribution in [2.45, 2.75) is 31.1 Å². The van der Waals surface area contributed by atoms with Gasteiger partial charge >= 0.3 is 0 Å². The molecule has 0 radical (unpaired) electrons. The zero-order chi connectivity index (χ0) is 33.3. The maximum absolute atomic E-state index is 2.61. The third-order valence-electron chi connectivity index (χ3n) is 13.4. The molecule has 0 aliphatic heterocycles. The molecule has 0 N–H and O–H groups in total. The van der Waals surface area contributed by atoms with Crippen LogP contribution in [-0.2, 0) is 5.41 Å². The Hall–Kier alpha value is -5.18. The monoisotopic (exact) mass is 671 g/mol. The molecule has 4 fully saturated rings. The summed E-state index contributed by atoms with van der Waals surface area (Å²) in [4.78, 5) is 2.43. The summed E-state index contributed by atoms with van der Waals surface area (Å²) in [6, 6.07) is 57.5. The van der Waals surface area contributed by atoms with Crippen molar-refractivity contribution in [3.8, 4) is 22.3 Å². The molecule has 244 valence electrons. The van der Waals surface area contributed by atoms with E-state index < -0.39 is 0 Å². The molecule has 1 heterocycles. The number of hydrogen-bond donors (Lipinski definition) is 0. The molecule has 7 aromatic carbocycles. The second-order valence-electron chi connectivity index (χ2n) is 15.7. The fraction of sp³-hybridized carbons (Fsp3) is 0.184. The molecule has 5 aliphatic rings. The first-order chi connectivity index (χ1) is 25.2. The normalized spacial score (nSPS) is 23.8. The number of benzene rings is 7. The minimum atomic E-state index is 0.205. The molecular formula is C49H37NS. The number of thiophene rings is 1. The summed E-state index contributed by atoms with van der Waals surface area (Å²) in [5.41, 5.74) is 12.6. The molecule has 0 amide bonds. The highest BCUT2D eigenvalue weighted by molar-refractivity contribution is 7.25. The van der Waals surface area contributed by atoms with Gasteiger partial charge in [-0.15, -0.1) is 11.3 Å². The first kappa shape index (κ1) is 28.5. The van der Waals surface area contributed by atoms with Crippen molar-refractivity contribution in [1.29, 1.82) is 0 Å². The Morgan fingerprint density at radius 3 is 2.14 bits per heavy atom. The van der Waals surface area contributed by atoms with Gasteiger partial charge in [-0.05, 0) is 148 Å². The van der Waals surface area contributed by atoms with E-state index in [0.29, 0.717) is 0 Å². The topological polar surface area (TPSA) is 3.24 Å². The predicted molar refractivity (Wildman–Crippen MR) is 216 cm³/mol. The van der Waals surface area contributed by atoms with Crippen LogP contribution in [0, 0.1) is 23.7 Å². The Morgan fingerprint density at radius 2 is 1.22 bits per heavy atom. The summed E-state index contributed by atoms with van der Waals surface area (Å²) >= 11 is 1.88. The van der Waals surface area contributed by atoms with Crippen LogP contribution in [0.25, 0.3) is 53.2 Å². The molecule has 2 heteroatoms. The van der Waals surface area contributed by atoms with Gasteiger partial charge in [0.05, 0.1) is 0 Å². The summed E-state index contributed by atoms with van der Waals surface area (Å²) in [5.74, 6) is 3.45. The van der Waals surface area contributed by atoms with Crippen molar-refractivity contribution < 1.29 is 0 Å². The SMILES string of the molecule is c1ccc2c(c1)-c1ccc(-c3ccc(N(c4ccc5ccccc5c4)c4ccc5sc6ccccc6c5c4)cc3)cc1C21C2CC3CC(C2)C1C3. The lowest BCUT2D eigenvalue weighted by Crippen LogP contribution is -2.40. The average Bonchev–Trinajstić information content (AvgIpc) is 3.86. The van der Waals surface area contributed by atoms with Crippen LogP contribution in [0.3, 0.4) is 0 Å². The van der Waals surface area contributed by atoms with Crippen molar-refractivity contribution in [2.24, 2.45) is 23.7 Å². The van der Waals surface area contributed by atoms with Crippen LogP contribution in [0.4, 0.5) is 17.1 Å². The zero-order valence-electron chi connectivity index (χ0n) is 28.4. The van der Waals surface area contributed by atoms with Gasteiger partial charge in [-0.25, -0.2) is 0 Å². The van der Waals surface area contributed by atoms with E-state index in [1.807, 2.05) is 11.3 Å². The molecule has 5 unspecified atom stereocenters. The summed E-state index contributed by atoms with van der Waals surface area (Å²) in [6.45, 7) is 0. The van der Waals surface area contributed by atoms with E-state index >= 15 is 0 Å². The second-order valence-corrected chi connectivity index (χ2v) is 16.8. The molecule has 5 aliphatic carbocycles. The van der Waals surface area contributed by atoms with Crippen LogP contribution >= 0.6 is 11.3 Å². The van der Waals surface area contributed by atoms with E-state index in [4.69, 9.17) is 0 Å². The molecule has 51 heavy (non-hydrogen) atoms. The lowest BCUT2D eigenvalue weighted by Gasteiger charge is -2.44. The maximum Gasteiger partial charge on any atom is 0.0468 e. The number of hydrogen-bond acceptors (Lipinski definition) is 2. The van der Waals surface area contributed by atoms with Gasteiger partial charge in [0, 0.05) is 42.6 Å². The van der Waals surface area contributed by atoms with Crippen LogP contribution in [0.2, 0.25) is 0 Å². The lowest BCUT2D eigenvalue weighted by molar-refractivity contribution is 0.191. The van der Waals surface area contributed by atoms with Gasteiger partial charge in [-0.1, -0.05) is 97.1 Å². The molecule has 4 bridgehead atoms. The van der Waals surface area contributed by atoms with Crippen molar-refractivity contribution in [2.75, 3.05) is 4.90 Å². The summed E-state index contributed by atoms with van der Waals surface area (Å²) < 4.78 is 2.66. The standard InChI is InChI=1S/C49H37NS/c1-2-8-33-27-38(19-15-31(33)7-1)50(39-20-22-48-43(29-39)42-10-4-6-12-47(42)51-48)37-17-13-32(14-18-37)34-16-21-41-40-9-3-5-11-44(40)49(46(41)28-34)36-24-30-23-35(26-36)45(49)25-30/h1-22,27-30,35-36,45H,23-26H2. The number of fused-ring (bicyclic) bond motifs is 7. The average molecular weight is 672 g/mol. The Kier molecular flexibility index (Phi) is 5.83. The van der Waals surface area contributed by atoms with Gasteiger partial charge < -0.3 is 4.90 Å². The van der Waals surface area contributed by atoms with Crippen LogP contribution in [0.15, 0.2) is 152 Å². The van der Waals surface area contributed by atoms with Gasteiger partial charge in [0.2, 0.25) is 0 Å². The minimum Gasteiger partial charge on any atom is -0.310 e. The Balaban J connectivity index is 0.982. The molecule has 13 rings (SSSR count). The van der Waals surface area contributed by atoms with Gasteiger partial charge in [-0.2, -0.15) is 0 Å². The first-order valence-electron chi connectivity index (χ1n) is 18.8. The smallest absolute Gasteiger partial charge is 0.0468 e. The van der Waals surface area contributed by atoms with E-state index in [-0.39, 0.29) is 5.41 Å². The minimum absolute atomic E-state index is 0.205. The highest BCUT2D eigenvalue weighted by Gasteiger charge is 2.65. The van der Waals surface area contributed by atoms with Gasteiger partial charge in [0.1, 0.15) is 0 Å². The van der Waals surface area contributed by atoms with Crippen LogP contribution in [-0.4, -0.2) is 0 Å². The highest BCUT2D eigenvalue weighted by atomic mass is 32.1. The van der Waals surface area contributed by atoms with Crippen molar-refractivity contribution >= 4 is 59.3 Å². The molecule has 1 aromatic heterocycles. The molecule has 8 aromatic rings. The molecule has 5 atom stereocenters. The second kappa shape index (κ2) is 10.4. The van der Waals surface area contributed by atoms with E-state index in [1.54, 1.807) is 11.1 Å². The summed E-state index contributed by atoms with van der Waals surface area (Å²) in [7, 11) is 0. The molecule has 1 nitrogen and oxygen atoms in total. The van der Waals surface area contributed by atoms with Crippen LogP contribution in [0.5, 0.6) is 0 Å². The Bertz CT molecular complexity index is 2700. The summed E-state index contributed by atoms with van der Waals surface area (Å²) in [5, 5.41) is 5.16. The zero-order valence-corrected chi connectivity index (χ0v) is 29.2. The number of anilines is 3. The quantitative estimate of drug-likeness (QED) is 0.180. The summed E-state index contributed by atoms with van der Waals surface area (Å²) in [6.07, 6.45) is 5.72. The fourth-order valence-corrected chi connectivity index (χ4v) is 12.7. The van der Waals surface area contributed by atoms with E-state index in [2.05, 4.69) is 157 Å². The fourth-order valence-electron chi connectivity index (χ4n) is 11.6. The largest absolute Gasteiger partial charge is 0.310 e. The van der Waals surface area contributed by atoms with Crippen molar-refractivity contribution in [3.05, 3.63) is 163 Å². The van der Waals surface area contributed by atoms with Crippen LogP contribution < -0.4 is 4.90 Å². The number of nitrogens with zero attached hydrogens (tertiary/aromatic N) is 1. The van der Waals surface area contributed by atoms with Crippen LogP contribution in [0.1, 0.15) is 36.8 Å². The molecule has 1 spiro atoms. The van der Waals surface area contributed by atoms with Crippen molar-refractivity contribution in [1.82, 2.24) is 0 Å². The van der Waals surface area contributed by atoms with Gasteiger partial charge in [0.25, 0.3) is 0 Å². The third-order valence-corrected chi connectivity index (χ3v) is 14.6. The lowest BCUT2D eigenvalue weighted by atomic mass is 9.59. The van der Waals surface area contributed by atoms with Crippen molar-refractivity contribution in [3.63, 3.8) is 0 Å². The molecular weight excluding hydrogens is 635 g/mol. The Labute approximate surface area is 302 Å². The van der Waals surface area contributed by atoms with E-state index in [9.17, 15) is 0 Å². The highest BCUT2D eigenvalue weighted by Crippen LogP contribution is 2.73. The first-order valence-corrected chi connectivity index (χ1v) is 19.6.